The van der Waals surface area contributed by atoms with Crippen LogP contribution in [0.4, 0.5) is 9.59 Å². The third-order valence-electron chi connectivity index (χ3n) is 2.53. The Bertz CT molecular complexity index is 661. The highest BCUT2D eigenvalue weighted by molar-refractivity contribution is 6.42. The average Bonchev–Trinajstić information content (AvgIpc) is 2.47. The zero-order chi connectivity index (χ0) is 16.1. The minimum Gasteiger partial charge on any atom is -0.245 e. The molecule has 22 heavy (non-hydrogen) atoms. The molecule has 1 aromatic carbocycles. The number of hydrazine groups is 1. The molecule has 0 radical (unpaired) electrons. The van der Waals surface area contributed by atoms with Gasteiger partial charge in [-0.3, -0.25) is 0 Å². The van der Waals surface area contributed by atoms with E-state index in [-0.39, 0.29) is 6.54 Å². The quantitative estimate of drug-likeness (QED) is 0.577. The molecule has 4 amide bonds. The average molecular weight is 343 g/mol. The number of hydrogen-bond donors (Lipinski definition) is 3. The summed E-state index contributed by atoms with van der Waals surface area (Å²) < 4.78 is 0. The van der Waals surface area contributed by atoms with Crippen molar-refractivity contribution in [3.63, 3.8) is 0 Å². The number of benzene rings is 1. The molecule has 8 nitrogen and oxygen atoms in total. The number of nitrogens with zero attached hydrogens (tertiary/aromatic N) is 3. The van der Waals surface area contributed by atoms with Crippen LogP contribution in [0.25, 0.3) is 0 Å². The summed E-state index contributed by atoms with van der Waals surface area (Å²) in [6.07, 6.45) is 1.39. The van der Waals surface area contributed by atoms with Crippen molar-refractivity contribution in [2.45, 2.75) is 6.92 Å². The molecule has 0 saturated carbocycles. The lowest BCUT2D eigenvalue weighted by molar-refractivity contribution is 0.173. The predicted molar refractivity (Wildman–Crippen MR) is 84.1 cm³/mol. The van der Waals surface area contributed by atoms with Crippen LogP contribution in [-0.2, 0) is 0 Å². The SMILES string of the molecule is CC1=NNC(=O)N(NC(=O)N/N=C/c2ccc(Cl)c(Cl)c2)C1. The maximum Gasteiger partial charge on any atom is 0.356 e. The maximum atomic E-state index is 11.6. The van der Waals surface area contributed by atoms with Crippen LogP contribution in [0.3, 0.4) is 0 Å². The molecule has 1 aliphatic heterocycles. The Morgan fingerprint density at radius 1 is 1.45 bits per heavy atom. The van der Waals surface area contributed by atoms with Crippen LogP contribution in [0, 0.1) is 0 Å². The summed E-state index contributed by atoms with van der Waals surface area (Å²) in [5.74, 6) is 0. The number of amides is 4. The van der Waals surface area contributed by atoms with Crippen LogP contribution >= 0.6 is 23.2 Å². The minimum absolute atomic E-state index is 0.190. The number of rotatable bonds is 3. The molecule has 0 aromatic heterocycles. The molecule has 0 aliphatic carbocycles. The van der Waals surface area contributed by atoms with Crippen LogP contribution in [0.1, 0.15) is 12.5 Å². The van der Waals surface area contributed by atoms with Crippen LogP contribution in [0.5, 0.6) is 0 Å². The summed E-state index contributed by atoms with van der Waals surface area (Å²) in [5.41, 5.74) is 8.13. The number of carbonyl (C=O) groups excluding carboxylic acids is 2. The van der Waals surface area contributed by atoms with E-state index in [0.29, 0.717) is 21.3 Å². The highest BCUT2D eigenvalue weighted by Crippen LogP contribution is 2.21. The number of carbonyl (C=O) groups is 2. The van der Waals surface area contributed by atoms with E-state index in [1.807, 2.05) is 0 Å². The Labute approximate surface area is 136 Å². The summed E-state index contributed by atoms with van der Waals surface area (Å²) in [5, 5.41) is 9.37. The first kappa shape index (κ1) is 16.1. The van der Waals surface area contributed by atoms with Crippen molar-refractivity contribution in [2.75, 3.05) is 6.54 Å². The number of halogens is 2. The summed E-state index contributed by atoms with van der Waals surface area (Å²) in [4.78, 5) is 23.1. The fraction of sp³-hybridized carbons (Fsp3) is 0.167. The van der Waals surface area contributed by atoms with Crippen molar-refractivity contribution in [3.8, 4) is 0 Å². The Morgan fingerprint density at radius 3 is 2.95 bits per heavy atom. The van der Waals surface area contributed by atoms with Crippen molar-refractivity contribution >= 4 is 47.2 Å². The van der Waals surface area contributed by atoms with Gasteiger partial charge in [0.15, 0.2) is 0 Å². The largest absolute Gasteiger partial charge is 0.356 e. The van der Waals surface area contributed by atoms with Gasteiger partial charge in [0.05, 0.1) is 28.5 Å². The van der Waals surface area contributed by atoms with Crippen molar-refractivity contribution < 1.29 is 9.59 Å². The minimum atomic E-state index is -0.666. The van der Waals surface area contributed by atoms with E-state index < -0.39 is 12.1 Å². The fourth-order valence-electron chi connectivity index (χ4n) is 1.54. The third kappa shape index (κ3) is 4.34. The van der Waals surface area contributed by atoms with Crippen LogP contribution < -0.4 is 16.3 Å². The first-order valence-electron chi connectivity index (χ1n) is 6.11. The highest BCUT2D eigenvalue weighted by atomic mass is 35.5. The first-order valence-corrected chi connectivity index (χ1v) is 6.86. The maximum absolute atomic E-state index is 11.6. The Morgan fingerprint density at radius 2 is 2.23 bits per heavy atom. The van der Waals surface area contributed by atoms with E-state index >= 15 is 0 Å². The molecule has 10 heteroatoms. The molecule has 3 N–H and O–H groups in total. The first-order chi connectivity index (χ1) is 10.5. The van der Waals surface area contributed by atoms with Crippen molar-refractivity contribution in [3.05, 3.63) is 33.8 Å². The molecule has 0 bridgehead atoms. The number of hydrazone groups is 2. The van der Waals surface area contributed by atoms with Gasteiger partial charge in [-0.25, -0.2) is 30.9 Å². The number of hydrogen-bond acceptors (Lipinski definition) is 4. The second-order valence-corrected chi connectivity index (χ2v) is 5.15. The molecule has 0 atom stereocenters. The Hall–Kier alpha value is -2.32. The third-order valence-corrected chi connectivity index (χ3v) is 3.27. The van der Waals surface area contributed by atoms with Gasteiger partial charge < -0.3 is 0 Å². The molecular formula is C12H12Cl2N6O2. The smallest absolute Gasteiger partial charge is 0.245 e. The lowest BCUT2D eigenvalue weighted by Crippen LogP contribution is -2.55. The summed E-state index contributed by atoms with van der Waals surface area (Å²) >= 11 is 11.6. The van der Waals surface area contributed by atoms with Gasteiger partial charge in [0, 0.05) is 0 Å². The predicted octanol–water partition coefficient (Wildman–Crippen LogP) is 1.94. The van der Waals surface area contributed by atoms with Crippen molar-refractivity contribution in [1.29, 1.82) is 0 Å². The van der Waals surface area contributed by atoms with Crippen molar-refractivity contribution in [2.24, 2.45) is 10.2 Å². The van der Waals surface area contributed by atoms with Crippen molar-refractivity contribution in [1.82, 2.24) is 21.3 Å². The van der Waals surface area contributed by atoms with Gasteiger partial charge in [-0.15, -0.1) is 0 Å². The molecule has 0 saturated heterocycles. The standard InChI is InChI=1S/C12H12Cl2N6O2/c1-7-6-20(12(22)18-16-7)19-11(21)17-15-5-8-2-3-9(13)10(14)4-8/h2-5H,6H2,1H3,(H,18,22)(H2,17,19,21)/b15-5+. The molecule has 0 fully saturated rings. The van der Waals surface area contributed by atoms with Gasteiger partial charge in [0.25, 0.3) is 0 Å². The number of urea groups is 2. The monoisotopic (exact) mass is 342 g/mol. The van der Waals surface area contributed by atoms with Gasteiger partial charge in [0.1, 0.15) is 0 Å². The van der Waals surface area contributed by atoms with E-state index in [0.717, 1.165) is 5.01 Å². The molecule has 2 rings (SSSR count). The fourth-order valence-corrected chi connectivity index (χ4v) is 1.84. The van der Waals surface area contributed by atoms with Gasteiger partial charge >= 0.3 is 12.1 Å². The van der Waals surface area contributed by atoms with Gasteiger partial charge in [-0.1, -0.05) is 29.3 Å². The van der Waals surface area contributed by atoms with E-state index in [4.69, 9.17) is 23.2 Å². The van der Waals surface area contributed by atoms with E-state index in [1.165, 1.54) is 6.21 Å². The van der Waals surface area contributed by atoms with E-state index in [1.54, 1.807) is 25.1 Å². The molecular weight excluding hydrogens is 331 g/mol. The zero-order valence-electron chi connectivity index (χ0n) is 11.4. The van der Waals surface area contributed by atoms with Gasteiger partial charge in [0.2, 0.25) is 0 Å². The highest BCUT2D eigenvalue weighted by Gasteiger charge is 2.20. The number of nitrogens with one attached hydrogen (secondary N) is 3. The molecule has 116 valence electrons. The summed E-state index contributed by atoms with van der Waals surface area (Å²) in [6.45, 7) is 1.91. The van der Waals surface area contributed by atoms with Gasteiger partial charge in [-0.05, 0) is 24.6 Å². The van der Waals surface area contributed by atoms with E-state index in [2.05, 4.69) is 26.5 Å². The zero-order valence-corrected chi connectivity index (χ0v) is 12.9. The Balaban J connectivity index is 1.87. The lowest BCUT2D eigenvalue weighted by atomic mass is 10.2. The molecule has 1 heterocycles. The molecule has 0 unspecified atom stereocenters. The van der Waals surface area contributed by atoms with E-state index in [9.17, 15) is 9.59 Å². The Kier molecular flexibility index (Phi) is 5.18. The second-order valence-electron chi connectivity index (χ2n) is 4.33. The molecule has 0 spiro atoms. The molecule has 1 aromatic rings. The topological polar surface area (TPSA) is 98.2 Å². The van der Waals surface area contributed by atoms with Crippen LogP contribution in [-0.4, -0.2) is 35.5 Å². The normalized spacial score (nSPS) is 14.6. The van der Waals surface area contributed by atoms with Crippen LogP contribution in [0.2, 0.25) is 10.0 Å². The van der Waals surface area contributed by atoms with Crippen LogP contribution in [0.15, 0.2) is 28.4 Å². The van der Waals surface area contributed by atoms with Gasteiger partial charge in [-0.2, -0.15) is 10.2 Å². The molecule has 1 aliphatic rings. The second kappa shape index (κ2) is 7.10. The lowest BCUT2D eigenvalue weighted by Gasteiger charge is -2.25. The summed E-state index contributed by atoms with van der Waals surface area (Å²) in [7, 11) is 0. The summed E-state index contributed by atoms with van der Waals surface area (Å²) in [6, 6.07) is 3.71.